The third kappa shape index (κ3) is 2.89. The highest BCUT2D eigenvalue weighted by atomic mass is 16.5. The zero-order valence-electron chi connectivity index (χ0n) is 11.8. The summed E-state index contributed by atoms with van der Waals surface area (Å²) in [6, 6.07) is 0.871. The van der Waals surface area contributed by atoms with Crippen LogP contribution >= 0.6 is 0 Å². The van der Waals surface area contributed by atoms with Crippen LogP contribution in [0.5, 0.6) is 0 Å². The fourth-order valence-electron chi connectivity index (χ4n) is 3.72. The second-order valence-corrected chi connectivity index (χ2v) is 6.58. The van der Waals surface area contributed by atoms with Gasteiger partial charge < -0.3 is 9.64 Å². The summed E-state index contributed by atoms with van der Waals surface area (Å²) >= 11 is 0. The van der Waals surface area contributed by atoms with E-state index >= 15 is 0 Å². The fourth-order valence-corrected chi connectivity index (χ4v) is 3.72. The minimum absolute atomic E-state index is 0.841. The van der Waals surface area contributed by atoms with Gasteiger partial charge in [-0.15, -0.1) is 0 Å². The highest BCUT2D eigenvalue weighted by Gasteiger charge is 2.35. The van der Waals surface area contributed by atoms with E-state index in [1.54, 1.807) is 0 Å². The lowest BCUT2D eigenvalue weighted by molar-refractivity contribution is 0.000814. The van der Waals surface area contributed by atoms with E-state index in [1.807, 2.05) is 7.11 Å². The van der Waals surface area contributed by atoms with E-state index in [9.17, 15) is 0 Å². The molecule has 3 aliphatic rings. The zero-order valence-corrected chi connectivity index (χ0v) is 11.8. The van der Waals surface area contributed by atoms with Crippen molar-refractivity contribution < 1.29 is 4.74 Å². The lowest BCUT2D eigenvalue weighted by Gasteiger charge is -2.47. The Balaban J connectivity index is 1.33. The molecule has 1 heterocycles. The van der Waals surface area contributed by atoms with Crippen LogP contribution < -0.4 is 0 Å². The van der Waals surface area contributed by atoms with Gasteiger partial charge in [0.25, 0.3) is 0 Å². The topological polar surface area (TPSA) is 15.7 Å². The molecule has 3 heteroatoms. The van der Waals surface area contributed by atoms with Gasteiger partial charge in [0.15, 0.2) is 0 Å². The molecule has 3 fully saturated rings. The third-order valence-electron chi connectivity index (χ3n) is 5.28. The molecule has 18 heavy (non-hydrogen) atoms. The van der Waals surface area contributed by atoms with Gasteiger partial charge in [0.1, 0.15) is 0 Å². The van der Waals surface area contributed by atoms with Gasteiger partial charge in [-0.25, -0.2) is 0 Å². The van der Waals surface area contributed by atoms with E-state index in [2.05, 4.69) is 9.80 Å². The minimum Gasteiger partial charge on any atom is -0.384 e. The number of methoxy groups -OCH3 is 1. The summed E-state index contributed by atoms with van der Waals surface area (Å²) in [7, 11) is 1.83. The van der Waals surface area contributed by atoms with E-state index < -0.39 is 0 Å². The summed E-state index contributed by atoms with van der Waals surface area (Å²) < 4.78 is 5.23. The molecular weight excluding hydrogens is 224 g/mol. The monoisotopic (exact) mass is 252 g/mol. The normalized spacial score (nSPS) is 35.2. The Morgan fingerprint density at radius 2 is 1.72 bits per heavy atom. The molecule has 3 nitrogen and oxygen atoms in total. The molecule has 0 atom stereocenters. The lowest BCUT2D eigenvalue weighted by Crippen LogP contribution is -2.55. The summed E-state index contributed by atoms with van der Waals surface area (Å²) in [6.45, 7) is 7.57. The Kier molecular flexibility index (Phi) is 4.22. The summed E-state index contributed by atoms with van der Waals surface area (Å²) in [4.78, 5) is 5.43. The van der Waals surface area contributed by atoms with Crippen molar-refractivity contribution >= 4 is 0 Å². The van der Waals surface area contributed by atoms with E-state index in [4.69, 9.17) is 4.74 Å². The molecule has 0 aromatic heterocycles. The third-order valence-corrected chi connectivity index (χ3v) is 5.28. The van der Waals surface area contributed by atoms with Crippen LogP contribution in [0.25, 0.3) is 0 Å². The van der Waals surface area contributed by atoms with Crippen LogP contribution in [0, 0.1) is 11.8 Å². The van der Waals surface area contributed by atoms with Gasteiger partial charge in [-0.2, -0.15) is 0 Å². The van der Waals surface area contributed by atoms with Gasteiger partial charge in [0.2, 0.25) is 0 Å². The molecule has 3 rings (SSSR count). The average molecular weight is 252 g/mol. The first-order valence-corrected chi connectivity index (χ1v) is 7.80. The molecule has 104 valence electrons. The molecule has 0 unspecified atom stereocenters. The maximum atomic E-state index is 5.23. The summed E-state index contributed by atoms with van der Waals surface area (Å²) in [5, 5.41) is 0. The van der Waals surface area contributed by atoms with Crippen molar-refractivity contribution in [1.82, 2.24) is 9.80 Å². The Bertz CT molecular complexity index is 253. The highest BCUT2D eigenvalue weighted by Crippen LogP contribution is 2.33. The van der Waals surface area contributed by atoms with Crippen LogP contribution in [0.15, 0.2) is 0 Å². The first kappa shape index (κ1) is 12.9. The lowest BCUT2D eigenvalue weighted by atomic mass is 9.79. The Hall–Kier alpha value is -0.120. The number of rotatable bonds is 5. The molecule has 1 aliphatic heterocycles. The molecule has 0 radical (unpaired) electrons. The number of ether oxygens (including phenoxy) is 1. The number of piperazine rings is 1. The van der Waals surface area contributed by atoms with E-state index in [1.165, 1.54) is 64.8 Å². The second kappa shape index (κ2) is 5.89. The Labute approximate surface area is 111 Å². The van der Waals surface area contributed by atoms with Gasteiger partial charge in [-0.3, -0.25) is 4.90 Å². The first-order chi connectivity index (χ1) is 8.85. The molecule has 2 aliphatic carbocycles. The van der Waals surface area contributed by atoms with E-state index in [0.717, 1.165) is 24.5 Å². The summed E-state index contributed by atoms with van der Waals surface area (Å²) in [5.74, 6) is 1.87. The number of hydrogen-bond donors (Lipinski definition) is 0. The van der Waals surface area contributed by atoms with Gasteiger partial charge >= 0.3 is 0 Å². The molecule has 0 aromatic carbocycles. The smallest absolute Gasteiger partial charge is 0.0491 e. The molecular formula is C15H28N2O. The minimum atomic E-state index is 0.841. The molecule has 0 bridgehead atoms. The molecule has 0 amide bonds. The Morgan fingerprint density at radius 3 is 2.28 bits per heavy atom. The van der Waals surface area contributed by atoms with Crippen molar-refractivity contribution in [2.75, 3.05) is 46.4 Å². The van der Waals surface area contributed by atoms with Crippen LogP contribution in [0.4, 0.5) is 0 Å². The fraction of sp³-hybridized carbons (Fsp3) is 1.00. The standard InChI is InChI=1S/C15H28N2O/c1-18-12-14-9-15(10-14)17-7-5-16(6-8-17)11-13-3-2-4-13/h13-15H,2-12H2,1H3. The molecule has 2 saturated carbocycles. The van der Waals surface area contributed by atoms with Crippen LogP contribution in [0.3, 0.4) is 0 Å². The summed E-state index contributed by atoms with van der Waals surface area (Å²) in [5.41, 5.74) is 0. The van der Waals surface area contributed by atoms with Crippen molar-refractivity contribution in [3.05, 3.63) is 0 Å². The van der Waals surface area contributed by atoms with Crippen LogP contribution in [0.1, 0.15) is 32.1 Å². The predicted molar refractivity (Wildman–Crippen MR) is 73.7 cm³/mol. The highest BCUT2D eigenvalue weighted by molar-refractivity contribution is 4.89. The number of nitrogens with zero attached hydrogens (tertiary/aromatic N) is 2. The van der Waals surface area contributed by atoms with E-state index in [-0.39, 0.29) is 0 Å². The Morgan fingerprint density at radius 1 is 1.00 bits per heavy atom. The summed E-state index contributed by atoms with van der Waals surface area (Å²) in [6.07, 6.45) is 7.20. The molecule has 1 saturated heterocycles. The first-order valence-electron chi connectivity index (χ1n) is 7.80. The van der Waals surface area contributed by atoms with Crippen molar-refractivity contribution in [2.24, 2.45) is 11.8 Å². The molecule has 0 N–H and O–H groups in total. The maximum absolute atomic E-state index is 5.23. The van der Waals surface area contributed by atoms with Gasteiger partial charge in [-0.1, -0.05) is 6.42 Å². The van der Waals surface area contributed by atoms with Crippen molar-refractivity contribution in [3.63, 3.8) is 0 Å². The maximum Gasteiger partial charge on any atom is 0.0491 e. The van der Waals surface area contributed by atoms with Crippen molar-refractivity contribution in [3.8, 4) is 0 Å². The van der Waals surface area contributed by atoms with Crippen molar-refractivity contribution in [2.45, 2.75) is 38.1 Å². The van der Waals surface area contributed by atoms with Gasteiger partial charge in [0.05, 0.1) is 0 Å². The van der Waals surface area contributed by atoms with Gasteiger partial charge in [0, 0.05) is 52.5 Å². The number of hydrogen-bond acceptors (Lipinski definition) is 3. The largest absolute Gasteiger partial charge is 0.384 e. The average Bonchev–Trinajstić information content (AvgIpc) is 2.29. The zero-order chi connectivity index (χ0) is 12.4. The predicted octanol–water partition coefficient (Wildman–Crippen LogP) is 1.83. The molecule has 0 aromatic rings. The van der Waals surface area contributed by atoms with E-state index in [0.29, 0.717) is 0 Å². The molecule has 0 spiro atoms. The van der Waals surface area contributed by atoms with Crippen LogP contribution in [0.2, 0.25) is 0 Å². The van der Waals surface area contributed by atoms with Crippen LogP contribution in [-0.2, 0) is 4.74 Å². The van der Waals surface area contributed by atoms with Gasteiger partial charge in [-0.05, 0) is 37.5 Å². The quantitative estimate of drug-likeness (QED) is 0.742. The van der Waals surface area contributed by atoms with Crippen molar-refractivity contribution in [1.29, 1.82) is 0 Å². The van der Waals surface area contributed by atoms with Crippen LogP contribution in [-0.4, -0.2) is 62.3 Å². The SMILES string of the molecule is COCC1CC(N2CCN(CC3CCC3)CC2)C1. The second-order valence-electron chi connectivity index (χ2n) is 6.58.